The second kappa shape index (κ2) is 5.00. The number of phenols is 1. The van der Waals surface area contributed by atoms with Crippen LogP contribution in [-0.4, -0.2) is 20.7 Å². The summed E-state index contributed by atoms with van der Waals surface area (Å²) in [4.78, 5) is 4.44. The fraction of sp³-hybridized carbons (Fsp3) is 0.308. The molecule has 2 aromatic rings. The molecule has 0 fully saturated rings. The van der Waals surface area contributed by atoms with E-state index in [9.17, 15) is 5.11 Å². The molecule has 0 saturated carbocycles. The summed E-state index contributed by atoms with van der Waals surface area (Å²) in [5, 5.41) is 9.50. The van der Waals surface area contributed by atoms with Gasteiger partial charge in [-0.3, -0.25) is 0 Å². The average Bonchev–Trinajstić information content (AvgIpc) is 2.71. The fourth-order valence-electron chi connectivity index (χ4n) is 2.36. The number of hydrogen-bond donors (Lipinski definition) is 2. The van der Waals surface area contributed by atoms with E-state index in [-0.39, 0.29) is 24.2 Å². The van der Waals surface area contributed by atoms with Crippen LogP contribution in [0.4, 0.5) is 0 Å². The Labute approximate surface area is 112 Å². The summed E-state index contributed by atoms with van der Waals surface area (Å²) < 4.78 is 2.19. The zero-order valence-electron chi connectivity index (χ0n) is 9.91. The molecule has 3 rings (SSSR count). The van der Waals surface area contributed by atoms with E-state index >= 15 is 0 Å². The number of imidazole rings is 1. The van der Waals surface area contributed by atoms with E-state index in [0.29, 0.717) is 0 Å². The molecule has 4 nitrogen and oxygen atoms in total. The third-order valence-corrected chi connectivity index (χ3v) is 3.24. The first kappa shape index (κ1) is 12.9. The first-order valence-corrected chi connectivity index (χ1v) is 5.83. The van der Waals surface area contributed by atoms with Crippen molar-refractivity contribution in [3.05, 3.63) is 36.2 Å². The van der Waals surface area contributed by atoms with Crippen LogP contribution in [0.1, 0.15) is 12.1 Å². The largest absolute Gasteiger partial charge is 0.508 e. The Morgan fingerprint density at radius 3 is 3.00 bits per heavy atom. The van der Waals surface area contributed by atoms with Crippen molar-refractivity contribution in [2.75, 3.05) is 0 Å². The van der Waals surface area contributed by atoms with Crippen molar-refractivity contribution >= 4 is 12.4 Å². The first-order chi connectivity index (χ1) is 8.24. The monoisotopic (exact) mass is 265 g/mol. The van der Waals surface area contributed by atoms with Gasteiger partial charge in [-0.25, -0.2) is 4.98 Å². The van der Waals surface area contributed by atoms with Gasteiger partial charge in [-0.05, 0) is 18.6 Å². The number of aromatic nitrogens is 2. The number of halogens is 1. The second-order valence-electron chi connectivity index (χ2n) is 4.53. The van der Waals surface area contributed by atoms with E-state index in [2.05, 4.69) is 9.55 Å². The molecule has 1 aromatic heterocycles. The number of aromatic hydroxyl groups is 1. The third kappa shape index (κ3) is 2.21. The molecule has 1 aliphatic rings. The lowest BCUT2D eigenvalue weighted by molar-refractivity contribution is 0.471. The Morgan fingerprint density at radius 2 is 2.22 bits per heavy atom. The van der Waals surface area contributed by atoms with E-state index < -0.39 is 0 Å². The lowest BCUT2D eigenvalue weighted by Crippen LogP contribution is -2.30. The Morgan fingerprint density at radius 1 is 1.39 bits per heavy atom. The van der Waals surface area contributed by atoms with E-state index in [1.54, 1.807) is 12.1 Å². The molecule has 0 spiro atoms. The van der Waals surface area contributed by atoms with Crippen molar-refractivity contribution in [2.45, 2.75) is 25.4 Å². The van der Waals surface area contributed by atoms with Gasteiger partial charge in [-0.15, -0.1) is 12.4 Å². The van der Waals surface area contributed by atoms with Crippen molar-refractivity contribution in [3.63, 3.8) is 0 Å². The highest BCUT2D eigenvalue weighted by molar-refractivity contribution is 5.85. The summed E-state index contributed by atoms with van der Waals surface area (Å²) in [6.45, 7) is 0.904. The molecular formula is C13H16ClN3O. The molecule has 0 bridgehead atoms. The highest BCUT2D eigenvalue weighted by atomic mass is 35.5. The number of hydrogen-bond acceptors (Lipinski definition) is 3. The molecule has 3 N–H and O–H groups in total. The van der Waals surface area contributed by atoms with Crippen molar-refractivity contribution in [3.8, 4) is 17.1 Å². The van der Waals surface area contributed by atoms with Gasteiger partial charge in [0.25, 0.3) is 0 Å². The van der Waals surface area contributed by atoms with Gasteiger partial charge in [0.15, 0.2) is 0 Å². The first-order valence-electron chi connectivity index (χ1n) is 5.83. The summed E-state index contributed by atoms with van der Waals surface area (Å²) in [5.41, 5.74) is 8.07. The van der Waals surface area contributed by atoms with Gasteiger partial charge >= 0.3 is 0 Å². The SMILES string of the molecule is Cl.NC1CCn2c(cnc2-c2cccc(O)c2)C1. The van der Waals surface area contributed by atoms with Crippen LogP contribution in [0, 0.1) is 0 Å². The molecule has 1 atom stereocenters. The zero-order chi connectivity index (χ0) is 11.8. The molecular weight excluding hydrogens is 250 g/mol. The second-order valence-corrected chi connectivity index (χ2v) is 4.53. The topological polar surface area (TPSA) is 64.1 Å². The molecule has 2 heterocycles. The predicted molar refractivity (Wildman–Crippen MR) is 72.9 cm³/mol. The van der Waals surface area contributed by atoms with E-state index in [1.807, 2.05) is 18.3 Å². The van der Waals surface area contributed by atoms with Crippen LogP contribution in [-0.2, 0) is 13.0 Å². The number of nitrogens with zero attached hydrogens (tertiary/aromatic N) is 2. The van der Waals surface area contributed by atoms with Crippen LogP contribution in [0.3, 0.4) is 0 Å². The highest BCUT2D eigenvalue weighted by Crippen LogP contribution is 2.26. The molecule has 0 amide bonds. The van der Waals surface area contributed by atoms with Gasteiger partial charge < -0.3 is 15.4 Å². The summed E-state index contributed by atoms with van der Waals surface area (Å²) in [6.07, 6.45) is 3.75. The fourth-order valence-corrected chi connectivity index (χ4v) is 2.36. The van der Waals surface area contributed by atoms with Crippen LogP contribution in [0.2, 0.25) is 0 Å². The Bertz CT molecular complexity index is 553. The average molecular weight is 266 g/mol. The standard InChI is InChI=1S/C13H15N3O.ClH/c14-10-4-5-16-11(7-10)8-15-13(16)9-2-1-3-12(17)6-9;/h1-3,6,8,10,17H,4-5,7,14H2;1H. The molecule has 0 aliphatic carbocycles. The van der Waals surface area contributed by atoms with E-state index in [0.717, 1.165) is 30.8 Å². The van der Waals surface area contributed by atoms with Crippen LogP contribution >= 0.6 is 12.4 Å². The summed E-state index contributed by atoms with van der Waals surface area (Å²) in [7, 11) is 0. The molecule has 5 heteroatoms. The van der Waals surface area contributed by atoms with E-state index in [1.165, 1.54) is 5.69 Å². The van der Waals surface area contributed by atoms with E-state index in [4.69, 9.17) is 5.73 Å². The summed E-state index contributed by atoms with van der Waals surface area (Å²) >= 11 is 0. The maximum absolute atomic E-state index is 9.50. The molecule has 18 heavy (non-hydrogen) atoms. The Balaban J connectivity index is 0.00000120. The number of phenolic OH excluding ortho intramolecular Hbond substituents is 1. The summed E-state index contributed by atoms with van der Waals surface area (Å²) in [6, 6.07) is 7.45. The number of fused-ring (bicyclic) bond motifs is 1. The zero-order valence-corrected chi connectivity index (χ0v) is 10.7. The van der Waals surface area contributed by atoms with Crippen molar-refractivity contribution in [1.29, 1.82) is 0 Å². The molecule has 1 unspecified atom stereocenters. The maximum atomic E-state index is 9.50. The predicted octanol–water partition coefficient (Wildman–Crippen LogP) is 1.95. The number of rotatable bonds is 1. The van der Waals surface area contributed by atoms with Crippen LogP contribution < -0.4 is 5.73 Å². The molecule has 0 saturated heterocycles. The molecule has 0 radical (unpaired) electrons. The minimum absolute atomic E-state index is 0. The summed E-state index contributed by atoms with van der Waals surface area (Å²) in [5.74, 6) is 1.19. The Kier molecular flexibility index (Phi) is 3.59. The number of nitrogens with two attached hydrogens (primary N) is 1. The normalized spacial score (nSPS) is 17.9. The van der Waals surface area contributed by atoms with Crippen molar-refractivity contribution < 1.29 is 5.11 Å². The van der Waals surface area contributed by atoms with Crippen LogP contribution in [0.5, 0.6) is 5.75 Å². The van der Waals surface area contributed by atoms with Gasteiger partial charge in [-0.2, -0.15) is 0 Å². The molecule has 1 aromatic carbocycles. The van der Waals surface area contributed by atoms with Gasteiger partial charge in [-0.1, -0.05) is 12.1 Å². The third-order valence-electron chi connectivity index (χ3n) is 3.24. The van der Waals surface area contributed by atoms with Crippen LogP contribution in [0.15, 0.2) is 30.5 Å². The smallest absolute Gasteiger partial charge is 0.140 e. The molecule has 96 valence electrons. The van der Waals surface area contributed by atoms with Gasteiger partial charge in [0.1, 0.15) is 11.6 Å². The van der Waals surface area contributed by atoms with Gasteiger partial charge in [0, 0.05) is 36.5 Å². The Hall–Kier alpha value is -1.52. The minimum atomic E-state index is 0. The van der Waals surface area contributed by atoms with Gasteiger partial charge in [0.05, 0.1) is 0 Å². The van der Waals surface area contributed by atoms with Crippen molar-refractivity contribution in [1.82, 2.24) is 9.55 Å². The molecule has 1 aliphatic heterocycles. The van der Waals surface area contributed by atoms with Crippen LogP contribution in [0.25, 0.3) is 11.4 Å². The number of benzene rings is 1. The minimum Gasteiger partial charge on any atom is -0.508 e. The highest BCUT2D eigenvalue weighted by Gasteiger charge is 2.19. The quantitative estimate of drug-likeness (QED) is 0.828. The maximum Gasteiger partial charge on any atom is 0.140 e. The van der Waals surface area contributed by atoms with Gasteiger partial charge in [0.2, 0.25) is 0 Å². The lowest BCUT2D eigenvalue weighted by Gasteiger charge is -2.21. The lowest BCUT2D eigenvalue weighted by atomic mass is 10.1. The van der Waals surface area contributed by atoms with Crippen molar-refractivity contribution in [2.24, 2.45) is 5.73 Å².